The molecule has 0 aliphatic carbocycles. The largest absolute Gasteiger partial charge is 0.165 e. The molecule has 0 nitrogen and oxygen atoms in total. The van der Waals surface area contributed by atoms with Crippen molar-refractivity contribution in [1.82, 2.24) is 0 Å². The fourth-order valence-electron chi connectivity index (χ4n) is 1.51. The van der Waals surface area contributed by atoms with Crippen LogP contribution in [0.1, 0.15) is 52.9 Å². The third-order valence-corrected chi connectivity index (χ3v) is 3.19. The Morgan fingerprint density at radius 1 is 0.923 bits per heavy atom. The maximum atomic E-state index is 2.39. The number of hydrogen-bond acceptors (Lipinski definition) is 1. The van der Waals surface area contributed by atoms with Crippen molar-refractivity contribution in [2.45, 2.75) is 52.9 Å². The molecule has 0 fully saturated rings. The second-order valence-electron chi connectivity index (χ2n) is 4.56. The average molecular weight is 202 g/mol. The lowest BCUT2D eigenvalue weighted by atomic mass is 9.98. The molecule has 0 bridgehead atoms. The van der Waals surface area contributed by atoms with Gasteiger partial charge in [0.2, 0.25) is 0 Å². The van der Waals surface area contributed by atoms with Crippen LogP contribution < -0.4 is 0 Å². The summed E-state index contributed by atoms with van der Waals surface area (Å²) < 4.78 is 0. The topological polar surface area (TPSA) is 0 Å². The molecule has 0 heterocycles. The molecule has 80 valence electrons. The van der Waals surface area contributed by atoms with E-state index < -0.39 is 0 Å². The Hall–Kier alpha value is 0.350. The van der Waals surface area contributed by atoms with E-state index in [4.69, 9.17) is 0 Å². The fourth-order valence-corrected chi connectivity index (χ4v) is 2.15. The van der Waals surface area contributed by atoms with E-state index in [1.54, 1.807) is 0 Å². The Kier molecular flexibility index (Phi) is 9.17. The van der Waals surface area contributed by atoms with Gasteiger partial charge >= 0.3 is 0 Å². The van der Waals surface area contributed by atoms with Crippen LogP contribution in [-0.4, -0.2) is 12.0 Å². The number of unbranched alkanes of at least 4 members (excludes halogenated alkanes) is 1. The summed E-state index contributed by atoms with van der Waals surface area (Å²) in [4.78, 5) is 0. The zero-order valence-electron chi connectivity index (χ0n) is 9.81. The fraction of sp³-hybridized carbons (Fsp3) is 1.00. The second-order valence-corrected chi connectivity index (χ2v) is 5.55. The lowest BCUT2D eigenvalue weighted by molar-refractivity contribution is 0.456. The Balaban J connectivity index is 3.12. The Morgan fingerprint density at radius 3 is 2.08 bits per heavy atom. The van der Waals surface area contributed by atoms with Crippen molar-refractivity contribution in [1.29, 1.82) is 0 Å². The molecule has 0 saturated carbocycles. The van der Waals surface area contributed by atoms with Gasteiger partial charge in [0.1, 0.15) is 0 Å². The molecule has 0 rings (SSSR count). The lowest BCUT2D eigenvalue weighted by Crippen LogP contribution is -1.97. The Bertz CT molecular complexity index is 99.3. The van der Waals surface area contributed by atoms with Gasteiger partial charge in [0.05, 0.1) is 0 Å². The van der Waals surface area contributed by atoms with Crippen LogP contribution in [-0.2, 0) is 0 Å². The third-order valence-electron chi connectivity index (χ3n) is 2.54. The minimum absolute atomic E-state index is 0.890. The summed E-state index contributed by atoms with van der Waals surface area (Å²) in [6.45, 7) is 7.03. The van der Waals surface area contributed by atoms with Crippen LogP contribution in [0.3, 0.4) is 0 Å². The SMILES string of the molecule is CSCCC(C)CCCCC(C)C. The summed E-state index contributed by atoms with van der Waals surface area (Å²) in [5, 5.41) is 0. The van der Waals surface area contributed by atoms with Crippen molar-refractivity contribution in [3.8, 4) is 0 Å². The summed E-state index contributed by atoms with van der Waals surface area (Å²) >= 11 is 1.97. The molecule has 0 spiro atoms. The average Bonchev–Trinajstić information content (AvgIpc) is 2.08. The summed E-state index contributed by atoms with van der Waals surface area (Å²) in [5.74, 6) is 3.17. The summed E-state index contributed by atoms with van der Waals surface area (Å²) in [7, 11) is 0. The summed E-state index contributed by atoms with van der Waals surface area (Å²) in [6, 6.07) is 0. The molecule has 0 aliphatic heterocycles. The minimum atomic E-state index is 0.890. The van der Waals surface area contributed by atoms with Crippen LogP contribution in [0.15, 0.2) is 0 Å². The molecule has 0 amide bonds. The molecule has 1 heteroatoms. The number of hydrogen-bond donors (Lipinski definition) is 0. The van der Waals surface area contributed by atoms with Gasteiger partial charge in [-0.1, -0.05) is 46.5 Å². The van der Waals surface area contributed by atoms with Crippen molar-refractivity contribution in [3.05, 3.63) is 0 Å². The van der Waals surface area contributed by atoms with Crippen molar-refractivity contribution in [2.75, 3.05) is 12.0 Å². The second kappa shape index (κ2) is 8.93. The normalized spacial score (nSPS) is 13.6. The van der Waals surface area contributed by atoms with Crippen molar-refractivity contribution in [3.63, 3.8) is 0 Å². The molecule has 1 atom stereocenters. The molecular formula is C12H26S. The van der Waals surface area contributed by atoms with E-state index in [0.29, 0.717) is 0 Å². The van der Waals surface area contributed by atoms with Crippen molar-refractivity contribution < 1.29 is 0 Å². The van der Waals surface area contributed by atoms with Crippen molar-refractivity contribution >= 4 is 11.8 Å². The first-order chi connectivity index (χ1) is 6.16. The Morgan fingerprint density at radius 2 is 1.54 bits per heavy atom. The van der Waals surface area contributed by atoms with Crippen LogP contribution in [0.5, 0.6) is 0 Å². The molecule has 1 unspecified atom stereocenters. The van der Waals surface area contributed by atoms with Gasteiger partial charge in [0.15, 0.2) is 0 Å². The van der Waals surface area contributed by atoms with Crippen molar-refractivity contribution in [2.24, 2.45) is 11.8 Å². The van der Waals surface area contributed by atoms with E-state index in [1.807, 2.05) is 11.8 Å². The lowest BCUT2D eigenvalue weighted by Gasteiger charge is -2.10. The van der Waals surface area contributed by atoms with E-state index >= 15 is 0 Å². The van der Waals surface area contributed by atoms with E-state index in [9.17, 15) is 0 Å². The van der Waals surface area contributed by atoms with Gasteiger partial charge in [0.25, 0.3) is 0 Å². The van der Waals surface area contributed by atoms with Gasteiger partial charge in [-0.3, -0.25) is 0 Å². The molecule has 0 N–H and O–H groups in total. The standard InChI is InChI=1S/C12H26S/c1-11(2)7-5-6-8-12(3)9-10-13-4/h11-12H,5-10H2,1-4H3. The molecule has 0 aliphatic rings. The highest BCUT2D eigenvalue weighted by molar-refractivity contribution is 7.98. The highest BCUT2D eigenvalue weighted by Gasteiger charge is 2.01. The third kappa shape index (κ3) is 10.3. The number of thioether (sulfide) groups is 1. The first-order valence-electron chi connectivity index (χ1n) is 5.65. The number of rotatable bonds is 8. The van der Waals surface area contributed by atoms with Gasteiger partial charge in [-0.2, -0.15) is 11.8 Å². The summed E-state index contributed by atoms with van der Waals surface area (Å²) in [5.41, 5.74) is 0. The van der Waals surface area contributed by atoms with E-state index in [0.717, 1.165) is 11.8 Å². The van der Waals surface area contributed by atoms with E-state index in [-0.39, 0.29) is 0 Å². The monoisotopic (exact) mass is 202 g/mol. The zero-order valence-corrected chi connectivity index (χ0v) is 10.6. The van der Waals surface area contributed by atoms with E-state index in [2.05, 4.69) is 27.0 Å². The quantitative estimate of drug-likeness (QED) is 0.519. The molecular weight excluding hydrogens is 176 g/mol. The van der Waals surface area contributed by atoms with Crippen LogP contribution in [0.2, 0.25) is 0 Å². The summed E-state index contributed by atoms with van der Waals surface area (Å²) in [6.07, 6.45) is 9.33. The highest BCUT2D eigenvalue weighted by atomic mass is 32.2. The van der Waals surface area contributed by atoms with Gasteiger partial charge in [-0.15, -0.1) is 0 Å². The van der Waals surface area contributed by atoms with E-state index in [1.165, 1.54) is 37.9 Å². The van der Waals surface area contributed by atoms with Gasteiger partial charge in [-0.25, -0.2) is 0 Å². The molecule has 0 radical (unpaired) electrons. The maximum Gasteiger partial charge on any atom is -0.00678 e. The van der Waals surface area contributed by atoms with Crippen LogP contribution >= 0.6 is 11.8 Å². The van der Waals surface area contributed by atoms with Gasteiger partial charge in [0, 0.05) is 0 Å². The predicted octanol–water partition coefficient (Wildman–Crippen LogP) is 4.59. The molecule has 0 aromatic carbocycles. The Labute approximate surface area is 88.9 Å². The van der Waals surface area contributed by atoms with Crippen LogP contribution in [0, 0.1) is 11.8 Å². The van der Waals surface area contributed by atoms with Gasteiger partial charge < -0.3 is 0 Å². The van der Waals surface area contributed by atoms with Crippen LogP contribution in [0.25, 0.3) is 0 Å². The molecule has 0 saturated heterocycles. The minimum Gasteiger partial charge on any atom is -0.165 e. The highest BCUT2D eigenvalue weighted by Crippen LogP contribution is 2.16. The molecule has 0 aromatic heterocycles. The van der Waals surface area contributed by atoms with Crippen LogP contribution in [0.4, 0.5) is 0 Å². The molecule has 13 heavy (non-hydrogen) atoms. The zero-order chi connectivity index (χ0) is 10.1. The smallest absolute Gasteiger partial charge is 0.00678 e. The predicted molar refractivity (Wildman–Crippen MR) is 65.5 cm³/mol. The first kappa shape index (κ1) is 13.4. The molecule has 0 aromatic rings. The maximum absolute atomic E-state index is 2.39. The van der Waals surface area contributed by atoms with Gasteiger partial charge in [-0.05, 0) is 30.3 Å². The first-order valence-corrected chi connectivity index (χ1v) is 7.05.